The molecule has 22 heavy (non-hydrogen) atoms. The van der Waals surface area contributed by atoms with Crippen LogP contribution in [-0.2, 0) is 7.05 Å². The van der Waals surface area contributed by atoms with Gasteiger partial charge in [0.25, 0.3) is 0 Å². The first kappa shape index (κ1) is 13.4. The lowest BCUT2D eigenvalue weighted by Crippen LogP contribution is -2.11. The van der Waals surface area contributed by atoms with Crippen molar-refractivity contribution in [1.29, 1.82) is 0 Å². The predicted molar refractivity (Wildman–Crippen MR) is 88.0 cm³/mol. The van der Waals surface area contributed by atoms with Crippen LogP contribution < -0.4 is 5.69 Å². The molecule has 0 saturated heterocycles. The van der Waals surface area contributed by atoms with Crippen LogP contribution in [0.1, 0.15) is 0 Å². The minimum atomic E-state index is -0.160. The summed E-state index contributed by atoms with van der Waals surface area (Å²) in [6, 6.07) is 5.59. The van der Waals surface area contributed by atoms with Gasteiger partial charge >= 0.3 is 5.69 Å². The van der Waals surface area contributed by atoms with Crippen LogP contribution >= 0.6 is 21.0 Å². The van der Waals surface area contributed by atoms with Gasteiger partial charge < -0.3 is 4.98 Å². The Morgan fingerprint density at radius 2 is 2.14 bits per heavy atom. The third kappa shape index (κ3) is 1.86. The highest BCUT2D eigenvalue weighted by atomic mass is 35.5. The Morgan fingerprint density at radius 1 is 1.32 bits per heavy atom. The fraction of sp³-hybridized carbons (Fsp3) is 0.0769. The fourth-order valence-electron chi connectivity index (χ4n) is 2.46. The van der Waals surface area contributed by atoms with Crippen molar-refractivity contribution in [2.75, 3.05) is 0 Å². The van der Waals surface area contributed by atoms with Gasteiger partial charge in [-0.2, -0.15) is 4.98 Å². The Morgan fingerprint density at radius 3 is 2.95 bits per heavy atom. The maximum atomic E-state index is 11.7. The normalized spacial score (nSPS) is 11.6. The molecule has 0 aliphatic carbocycles. The molecule has 0 amide bonds. The van der Waals surface area contributed by atoms with E-state index >= 15 is 0 Å². The number of benzene rings is 1. The molecule has 1 unspecified atom stereocenters. The number of halogens is 1. The van der Waals surface area contributed by atoms with E-state index in [2.05, 4.69) is 29.3 Å². The molecule has 0 fully saturated rings. The summed E-state index contributed by atoms with van der Waals surface area (Å²) in [6.07, 6.45) is 1.63. The average Bonchev–Trinajstić information content (AvgIpc) is 3.00. The van der Waals surface area contributed by atoms with E-state index in [1.807, 2.05) is 18.2 Å². The van der Waals surface area contributed by atoms with Crippen molar-refractivity contribution in [3.8, 4) is 11.3 Å². The van der Waals surface area contributed by atoms with Crippen molar-refractivity contribution in [2.24, 2.45) is 7.05 Å². The molecular weight excluding hydrogens is 323 g/mol. The number of hydrogen-bond donors (Lipinski definition) is 1. The van der Waals surface area contributed by atoms with Gasteiger partial charge in [-0.25, -0.2) is 14.8 Å². The standard InChI is InChI=1S/C13H10ClN6OP/c1-19-8-4-6(2-3-7(8)16-13(19)21)9-10-11(18-12(14)17-9)20(22)5-15-10/h2-5H,22H2,1H3,(H,16,21). The zero-order valence-corrected chi connectivity index (χ0v) is 13.3. The highest BCUT2D eigenvalue weighted by Gasteiger charge is 2.14. The van der Waals surface area contributed by atoms with Gasteiger partial charge in [0, 0.05) is 12.6 Å². The number of aryl methyl sites for hydroxylation is 1. The van der Waals surface area contributed by atoms with E-state index in [4.69, 9.17) is 11.6 Å². The summed E-state index contributed by atoms with van der Waals surface area (Å²) in [5, 5.41) is 0.148. The first-order chi connectivity index (χ1) is 10.5. The minimum absolute atomic E-state index is 0.148. The van der Waals surface area contributed by atoms with Gasteiger partial charge in [0.1, 0.15) is 17.5 Å². The summed E-state index contributed by atoms with van der Waals surface area (Å²) in [5.74, 6) is 0. The third-order valence-corrected chi connectivity index (χ3v) is 4.12. The average molecular weight is 333 g/mol. The summed E-state index contributed by atoms with van der Waals surface area (Å²) >= 11 is 6.02. The molecule has 9 heteroatoms. The number of hydrogen-bond acceptors (Lipinski definition) is 4. The second-order valence-corrected chi connectivity index (χ2v) is 5.78. The maximum Gasteiger partial charge on any atom is 0.326 e. The quantitative estimate of drug-likeness (QED) is 0.427. The lowest BCUT2D eigenvalue weighted by Gasteiger charge is -2.04. The summed E-state index contributed by atoms with van der Waals surface area (Å²) in [5.41, 5.74) is 4.13. The molecule has 110 valence electrons. The molecule has 1 N–H and O–H groups in total. The van der Waals surface area contributed by atoms with Crippen LogP contribution in [0.5, 0.6) is 0 Å². The van der Waals surface area contributed by atoms with Crippen molar-refractivity contribution in [3.63, 3.8) is 0 Å². The molecule has 0 bridgehead atoms. The maximum absolute atomic E-state index is 11.7. The number of imidazole rings is 2. The molecule has 7 nitrogen and oxygen atoms in total. The number of H-pyrrole nitrogens is 1. The Bertz CT molecular complexity index is 1100. The van der Waals surface area contributed by atoms with Crippen molar-refractivity contribution < 1.29 is 0 Å². The molecule has 4 aromatic rings. The predicted octanol–water partition coefficient (Wildman–Crippen LogP) is 1.96. The Balaban J connectivity index is 2.06. The number of aromatic nitrogens is 6. The first-order valence-corrected chi connectivity index (χ1v) is 7.29. The monoisotopic (exact) mass is 332 g/mol. The summed E-state index contributed by atoms with van der Waals surface area (Å²) in [4.78, 5) is 27.3. The molecule has 4 rings (SSSR count). The molecule has 0 radical (unpaired) electrons. The number of nitrogens with one attached hydrogen (secondary N) is 1. The molecule has 0 aliphatic heterocycles. The summed E-state index contributed by atoms with van der Waals surface area (Å²) in [6.45, 7) is 0. The molecule has 3 aromatic heterocycles. The van der Waals surface area contributed by atoms with Gasteiger partial charge in [0.05, 0.1) is 11.0 Å². The van der Waals surface area contributed by atoms with Crippen molar-refractivity contribution in [3.05, 3.63) is 40.3 Å². The lowest BCUT2D eigenvalue weighted by atomic mass is 10.1. The van der Waals surface area contributed by atoms with Gasteiger partial charge in [0.15, 0.2) is 5.65 Å². The smallest absolute Gasteiger partial charge is 0.306 e. The zero-order chi connectivity index (χ0) is 15.4. The Hall–Kier alpha value is -2.24. The molecular formula is C13H10ClN6OP. The van der Waals surface area contributed by atoms with Crippen molar-refractivity contribution in [2.45, 2.75) is 0 Å². The highest BCUT2D eigenvalue weighted by molar-refractivity contribution is 7.14. The van der Waals surface area contributed by atoms with Crippen LogP contribution in [0, 0.1) is 0 Å². The van der Waals surface area contributed by atoms with E-state index in [1.165, 1.54) is 0 Å². The molecule has 1 aromatic carbocycles. The van der Waals surface area contributed by atoms with Crippen LogP contribution in [0.25, 0.3) is 33.5 Å². The van der Waals surface area contributed by atoms with Crippen LogP contribution in [0.15, 0.2) is 29.3 Å². The van der Waals surface area contributed by atoms with Gasteiger partial charge in [0.2, 0.25) is 5.28 Å². The Kier molecular flexibility index (Phi) is 2.82. The molecule has 0 saturated carbocycles. The fourth-order valence-corrected chi connectivity index (χ4v) is 2.87. The molecule has 3 heterocycles. The minimum Gasteiger partial charge on any atom is -0.306 e. The third-order valence-electron chi connectivity index (χ3n) is 3.57. The van der Waals surface area contributed by atoms with E-state index in [-0.39, 0.29) is 11.0 Å². The number of rotatable bonds is 1. The number of fused-ring (bicyclic) bond motifs is 2. The first-order valence-electron chi connectivity index (χ1n) is 6.39. The molecule has 0 aliphatic rings. The van der Waals surface area contributed by atoms with E-state index in [1.54, 1.807) is 22.3 Å². The highest BCUT2D eigenvalue weighted by Crippen LogP contribution is 2.28. The number of nitrogens with zero attached hydrogens (tertiary/aromatic N) is 5. The van der Waals surface area contributed by atoms with Crippen LogP contribution in [0.3, 0.4) is 0 Å². The number of aromatic amines is 1. The molecule has 1 atom stereocenters. The van der Waals surface area contributed by atoms with Crippen molar-refractivity contribution >= 4 is 43.2 Å². The van der Waals surface area contributed by atoms with E-state index in [0.717, 1.165) is 16.6 Å². The zero-order valence-electron chi connectivity index (χ0n) is 11.4. The van der Waals surface area contributed by atoms with E-state index in [9.17, 15) is 4.79 Å². The SMILES string of the molecule is Cn1c(=O)[nH]c2ccc(-c3nc(Cl)nc4c3ncn4P)cc21. The topological polar surface area (TPSA) is 81.4 Å². The molecule has 0 spiro atoms. The van der Waals surface area contributed by atoms with Gasteiger partial charge in [-0.3, -0.25) is 8.90 Å². The second kappa shape index (κ2) is 4.63. The Labute approximate surface area is 131 Å². The summed E-state index contributed by atoms with van der Waals surface area (Å²) < 4.78 is 3.25. The second-order valence-electron chi connectivity index (χ2n) is 4.89. The van der Waals surface area contributed by atoms with Crippen LogP contribution in [-0.4, -0.2) is 28.8 Å². The van der Waals surface area contributed by atoms with E-state index < -0.39 is 0 Å². The van der Waals surface area contributed by atoms with Crippen LogP contribution in [0.4, 0.5) is 0 Å². The van der Waals surface area contributed by atoms with Gasteiger partial charge in [-0.1, -0.05) is 6.07 Å². The largest absolute Gasteiger partial charge is 0.326 e. The van der Waals surface area contributed by atoms with Gasteiger partial charge in [-0.15, -0.1) is 0 Å². The van der Waals surface area contributed by atoms with Crippen molar-refractivity contribution in [1.82, 2.24) is 28.8 Å². The lowest BCUT2D eigenvalue weighted by molar-refractivity contribution is 0.891. The van der Waals surface area contributed by atoms with Crippen LogP contribution in [0.2, 0.25) is 5.28 Å². The van der Waals surface area contributed by atoms with E-state index in [0.29, 0.717) is 16.9 Å². The summed E-state index contributed by atoms with van der Waals surface area (Å²) in [7, 11) is 4.21. The van der Waals surface area contributed by atoms with Gasteiger partial charge in [-0.05, 0) is 33.1 Å².